The van der Waals surface area contributed by atoms with Gasteiger partial charge in [0.05, 0.1) is 17.0 Å². The number of rotatable bonds is 2. The van der Waals surface area contributed by atoms with Gasteiger partial charge in [-0.2, -0.15) is 0 Å². The van der Waals surface area contributed by atoms with E-state index in [9.17, 15) is 14.7 Å². The van der Waals surface area contributed by atoms with Gasteiger partial charge >= 0.3 is 5.97 Å². The number of amides is 1. The van der Waals surface area contributed by atoms with Gasteiger partial charge in [0.25, 0.3) is 5.91 Å². The van der Waals surface area contributed by atoms with Gasteiger partial charge in [0.1, 0.15) is 0 Å². The fraction of sp³-hybridized carbons (Fsp3) is 0.450. The molecule has 136 valence electrons. The Bertz CT molecular complexity index is 873. The predicted molar refractivity (Wildman–Crippen MR) is 96.0 cm³/mol. The molecule has 4 rings (SSSR count). The fourth-order valence-corrected chi connectivity index (χ4v) is 4.37. The van der Waals surface area contributed by atoms with Crippen LogP contribution in [0, 0.1) is 18.3 Å². The number of carbonyl (C=O) groups excluding carboxylic acids is 1. The first kappa shape index (κ1) is 17.0. The van der Waals surface area contributed by atoms with Crippen LogP contribution in [-0.2, 0) is 9.53 Å². The van der Waals surface area contributed by atoms with Crippen molar-refractivity contribution in [3.8, 4) is 0 Å². The van der Waals surface area contributed by atoms with E-state index in [0.29, 0.717) is 38.2 Å². The molecule has 1 unspecified atom stereocenters. The summed E-state index contributed by atoms with van der Waals surface area (Å²) in [7, 11) is 0. The average Bonchev–Trinajstić information content (AvgIpc) is 3.00. The summed E-state index contributed by atoms with van der Waals surface area (Å²) in [5.41, 5.74) is 2.05. The number of nitrogens with zero attached hydrogens (tertiary/aromatic N) is 2. The van der Waals surface area contributed by atoms with Crippen LogP contribution in [0.1, 0.15) is 28.8 Å². The molecule has 3 heterocycles. The lowest BCUT2D eigenvalue weighted by atomic mass is 9.72. The van der Waals surface area contributed by atoms with Crippen LogP contribution in [0.5, 0.6) is 0 Å². The minimum absolute atomic E-state index is 0.113. The lowest BCUT2D eigenvalue weighted by Crippen LogP contribution is -2.40. The zero-order valence-electron chi connectivity index (χ0n) is 14.8. The molecule has 2 fully saturated rings. The first-order chi connectivity index (χ1) is 12.5. The number of aryl methyl sites for hydroxylation is 1. The molecule has 1 atom stereocenters. The summed E-state index contributed by atoms with van der Waals surface area (Å²) in [6.45, 7) is 3.83. The highest BCUT2D eigenvalue weighted by atomic mass is 16.5. The number of benzene rings is 1. The van der Waals surface area contributed by atoms with E-state index >= 15 is 0 Å². The molecule has 0 aliphatic carbocycles. The summed E-state index contributed by atoms with van der Waals surface area (Å²) in [4.78, 5) is 31.1. The summed E-state index contributed by atoms with van der Waals surface area (Å²) in [5, 5.41) is 10.5. The average molecular weight is 354 g/mol. The number of likely N-dealkylation sites (tertiary alicyclic amines) is 1. The maximum atomic E-state index is 13.2. The Kier molecular flexibility index (Phi) is 4.15. The minimum atomic E-state index is -0.822. The first-order valence-electron chi connectivity index (χ1n) is 8.95. The number of fused-ring (bicyclic) bond motifs is 1. The number of pyridine rings is 1. The van der Waals surface area contributed by atoms with Crippen molar-refractivity contribution in [1.82, 2.24) is 9.88 Å². The molecular formula is C20H22N2O4. The summed E-state index contributed by atoms with van der Waals surface area (Å²) < 4.78 is 5.43. The molecule has 6 nitrogen and oxygen atoms in total. The van der Waals surface area contributed by atoms with Crippen LogP contribution in [-0.4, -0.2) is 53.2 Å². The molecule has 2 aliphatic rings. The molecule has 1 amide bonds. The molecule has 26 heavy (non-hydrogen) atoms. The van der Waals surface area contributed by atoms with E-state index in [4.69, 9.17) is 4.74 Å². The van der Waals surface area contributed by atoms with E-state index in [0.717, 1.165) is 16.5 Å². The van der Waals surface area contributed by atoms with Crippen molar-refractivity contribution in [3.63, 3.8) is 0 Å². The predicted octanol–water partition coefficient (Wildman–Crippen LogP) is 2.50. The lowest BCUT2D eigenvalue weighted by Gasteiger charge is -2.36. The van der Waals surface area contributed by atoms with Gasteiger partial charge in [-0.3, -0.25) is 14.6 Å². The monoisotopic (exact) mass is 354 g/mol. The topological polar surface area (TPSA) is 79.7 Å². The molecule has 0 saturated carbocycles. The zero-order valence-corrected chi connectivity index (χ0v) is 14.8. The van der Waals surface area contributed by atoms with Gasteiger partial charge in [-0.05, 0) is 38.0 Å². The number of ether oxygens (including phenoxy) is 1. The smallest absolute Gasteiger partial charge is 0.308 e. The summed E-state index contributed by atoms with van der Waals surface area (Å²) >= 11 is 0. The second-order valence-corrected chi connectivity index (χ2v) is 7.43. The Morgan fingerprint density at radius 2 is 2.04 bits per heavy atom. The summed E-state index contributed by atoms with van der Waals surface area (Å²) in [6.07, 6.45) is 3.01. The van der Waals surface area contributed by atoms with Gasteiger partial charge in [0.2, 0.25) is 0 Å². The molecule has 1 spiro atoms. The Balaban J connectivity index is 1.69. The van der Waals surface area contributed by atoms with Gasteiger partial charge < -0.3 is 14.7 Å². The highest BCUT2D eigenvalue weighted by molar-refractivity contribution is 6.06. The second-order valence-electron chi connectivity index (χ2n) is 7.43. The SMILES string of the molecule is Cc1ccc2nccc(C(=O)N3CC(C(=O)O)C4(CCOCC4)C3)c2c1. The molecular weight excluding hydrogens is 332 g/mol. The van der Waals surface area contributed by atoms with Crippen molar-refractivity contribution in [3.05, 3.63) is 41.6 Å². The van der Waals surface area contributed by atoms with Crippen LogP contribution in [0.4, 0.5) is 0 Å². The van der Waals surface area contributed by atoms with Crippen LogP contribution < -0.4 is 0 Å². The number of hydrogen-bond donors (Lipinski definition) is 1. The van der Waals surface area contributed by atoms with Crippen molar-refractivity contribution in [1.29, 1.82) is 0 Å². The van der Waals surface area contributed by atoms with Gasteiger partial charge in [0.15, 0.2) is 0 Å². The van der Waals surface area contributed by atoms with Gasteiger partial charge in [-0.15, -0.1) is 0 Å². The summed E-state index contributed by atoms with van der Waals surface area (Å²) in [6, 6.07) is 7.57. The lowest BCUT2D eigenvalue weighted by molar-refractivity contribution is -0.146. The van der Waals surface area contributed by atoms with Gasteiger partial charge in [-0.25, -0.2) is 0 Å². The van der Waals surface area contributed by atoms with Gasteiger partial charge in [0, 0.05) is 43.3 Å². The molecule has 1 aromatic carbocycles. The minimum Gasteiger partial charge on any atom is -0.481 e. The first-order valence-corrected chi connectivity index (χ1v) is 8.95. The van der Waals surface area contributed by atoms with E-state index in [1.165, 1.54) is 0 Å². The Labute approximate surface area is 151 Å². The molecule has 1 aromatic heterocycles. The van der Waals surface area contributed by atoms with E-state index < -0.39 is 11.9 Å². The van der Waals surface area contributed by atoms with Crippen molar-refractivity contribution >= 4 is 22.8 Å². The largest absolute Gasteiger partial charge is 0.481 e. The molecule has 0 radical (unpaired) electrons. The van der Waals surface area contributed by atoms with E-state index in [1.807, 2.05) is 25.1 Å². The number of aromatic nitrogens is 1. The van der Waals surface area contributed by atoms with Crippen molar-refractivity contribution in [2.45, 2.75) is 19.8 Å². The van der Waals surface area contributed by atoms with Crippen LogP contribution in [0.25, 0.3) is 10.9 Å². The number of carboxylic acid groups (broad SMARTS) is 1. The number of carboxylic acids is 1. The van der Waals surface area contributed by atoms with Crippen LogP contribution in [0.15, 0.2) is 30.5 Å². The van der Waals surface area contributed by atoms with Gasteiger partial charge in [-0.1, -0.05) is 11.6 Å². The molecule has 0 bridgehead atoms. The highest BCUT2D eigenvalue weighted by Gasteiger charge is 2.52. The zero-order chi connectivity index (χ0) is 18.3. The van der Waals surface area contributed by atoms with Crippen LogP contribution in [0.2, 0.25) is 0 Å². The maximum absolute atomic E-state index is 13.2. The van der Waals surface area contributed by atoms with E-state index in [-0.39, 0.29) is 17.9 Å². The molecule has 2 saturated heterocycles. The third kappa shape index (κ3) is 2.74. The number of carbonyl (C=O) groups is 2. The standard InChI is InChI=1S/C20H22N2O4/c1-13-2-3-17-15(10-13)14(4-7-21-17)18(23)22-11-16(19(24)25)20(12-22)5-8-26-9-6-20/h2-4,7,10,16H,5-6,8-9,11-12H2,1H3,(H,24,25). The fourth-order valence-electron chi connectivity index (χ4n) is 4.37. The maximum Gasteiger partial charge on any atom is 0.308 e. The number of aliphatic carboxylic acids is 1. The normalized spacial score (nSPS) is 22.0. The van der Waals surface area contributed by atoms with Crippen molar-refractivity contribution in [2.75, 3.05) is 26.3 Å². The van der Waals surface area contributed by atoms with E-state index in [1.54, 1.807) is 17.2 Å². The highest BCUT2D eigenvalue weighted by Crippen LogP contribution is 2.45. The third-order valence-electron chi connectivity index (χ3n) is 5.85. The molecule has 1 N–H and O–H groups in total. The third-order valence-corrected chi connectivity index (χ3v) is 5.85. The Hall–Kier alpha value is -2.47. The molecule has 6 heteroatoms. The number of hydrogen-bond acceptors (Lipinski definition) is 4. The molecule has 2 aromatic rings. The van der Waals surface area contributed by atoms with Crippen LogP contribution in [0.3, 0.4) is 0 Å². The Morgan fingerprint density at radius 3 is 2.77 bits per heavy atom. The van der Waals surface area contributed by atoms with Crippen LogP contribution >= 0.6 is 0 Å². The second kappa shape index (κ2) is 6.36. The quantitative estimate of drug-likeness (QED) is 0.896. The Morgan fingerprint density at radius 1 is 1.27 bits per heavy atom. The van der Waals surface area contributed by atoms with E-state index in [2.05, 4.69) is 4.98 Å². The van der Waals surface area contributed by atoms with Crippen molar-refractivity contribution < 1.29 is 19.4 Å². The van der Waals surface area contributed by atoms with Crippen molar-refractivity contribution in [2.24, 2.45) is 11.3 Å². The molecule has 2 aliphatic heterocycles. The summed E-state index contributed by atoms with van der Waals surface area (Å²) in [5.74, 6) is -1.47.